The Balaban J connectivity index is 1.94. The van der Waals surface area contributed by atoms with Gasteiger partial charge in [-0.15, -0.1) is 0 Å². The van der Waals surface area contributed by atoms with E-state index < -0.39 is 5.97 Å². The predicted molar refractivity (Wildman–Crippen MR) is 58.7 cm³/mol. The Bertz CT molecular complexity index is 275. The van der Waals surface area contributed by atoms with Crippen LogP contribution in [-0.2, 0) is 4.79 Å². The average molecular weight is 211 g/mol. The van der Waals surface area contributed by atoms with Crippen molar-refractivity contribution in [1.29, 1.82) is 0 Å². The summed E-state index contributed by atoms with van der Waals surface area (Å²) in [7, 11) is 2.16. The molecule has 0 radical (unpaired) electrons. The zero-order valence-electron chi connectivity index (χ0n) is 9.86. The largest absolute Gasteiger partial charge is 0.481 e. The second-order valence-corrected chi connectivity index (χ2v) is 5.76. The molecule has 2 aliphatic rings. The van der Waals surface area contributed by atoms with Crippen molar-refractivity contribution in [1.82, 2.24) is 4.90 Å². The van der Waals surface area contributed by atoms with Gasteiger partial charge in [-0.25, -0.2) is 0 Å². The lowest BCUT2D eigenvalue weighted by atomic mass is 10.0. The van der Waals surface area contributed by atoms with E-state index in [-0.39, 0.29) is 11.3 Å². The smallest absolute Gasteiger partial charge is 0.307 e. The van der Waals surface area contributed by atoms with E-state index in [2.05, 4.69) is 25.8 Å². The van der Waals surface area contributed by atoms with Crippen molar-refractivity contribution in [2.24, 2.45) is 17.3 Å². The maximum absolute atomic E-state index is 11.0. The Labute approximate surface area is 91.5 Å². The maximum atomic E-state index is 11.0. The van der Waals surface area contributed by atoms with Crippen molar-refractivity contribution in [2.75, 3.05) is 13.6 Å². The summed E-state index contributed by atoms with van der Waals surface area (Å²) in [5, 5.41) is 9.09. The molecule has 1 saturated carbocycles. The number of hydrogen-bond acceptors (Lipinski definition) is 2. The van der Waals surface area contributed by atoms with Crippen molar-refractivity contribution in [3.8, 4) is 0 Å². The van der Waals surface area contributed by atoms with Crippen LogP contribution in [0.1, 0.15) is 33.1 Å². The van der Waals surface area contributed by atoms with Crippen molar-refractivity contribution in [3.05, 3.63) is 0 Å². The molecule has 0 aromatic heterocycles. The average Bonchev–Trinajstić information content (AvgIpc) is 2.47. The molecular formula is C12H21NO2. The van der Waals surface area contributed by atoms with E-state index in [9.17, 15) is 4.79 Å². The predicted octanol–water partition coefficient (Wildman–Crippen LogP) is 1.83. The number of carboxylic acids is 1. The zero-order valence-corrected chi connectivity index (χ0v) is 9.86. The Kier molecular flexibility index (Phi) is 2.53. The fraction of sp³-hybridized carbons (Fsp3) is 0.917. The Morgan fingerprint density at radius 2 is 2.20 bits per heavy atom. The van der Waals surface area contributed by atoms with Crippen molar-refractivity contribution in [3.63, 3.8) is 0 Å². The molecule has 0 spiro atoms. The number of hydrogen-bond donors (Lipinski definition) is 1. The van der Waals surface area contributed by atoms with Crippen LogP contribution in [0.3, 0.4) is 0 Å². The highest BCUT2D eigenvalue weighted by Crippen LogP contribution is 2.60. The van der Waals surface area contributed by atoms with E-state index in [1.807, 2.05) is 0 Å². The number of rotatable bonds is 3. The first-order valence-corrected chi connectivity index (χ1v) is 5.87. The topological polar surface area (TPSA) is 40.5 Å². The highest BCUT2D eigenvalue weighted by Gasteiger charge is 2.62. The minimum atomic E-state index is -0.606. The lowest BCUT2D eigenvalue weighted by molar-refractivity contribution is -0.139. The molecule has 3 heteroatoms. The quantitative estimate of drug-likeness (QED) is 0.774. The summed E-state index contributed by atoms with van der Waals surface area (Å²) in [5.74, 6) is -0.322. The first kappa shape index (κ1) is 10.9. The van der Waals surface area contributed by atoms with E-state index in [4.69, 9.17) is 5.11 Å². The third kappa shape index (κ3) is 1.78. The molecule has 0 aromatic carbocycles. The SMILES string of the molecule is CN1CCCC1CC1C(C(=O)O)C1(C)C. The summed E-state index contributed by atoms with van der Waals surface area (Å²) < 4.78 is 0. The molecular weight excluding hydrogens is 190 g/mol. The Morgan fingerprint density at radius 1 is 1.53 bits per heavy atom. The summed E-state index contributed by atoms with van der Waals surface area (Å²) in [5.41, 5.74) is 0.0231. The van der Waals surface area contributed by atoms with E-state index in [1.165, 1.54) is 19.4 Å². The van der Waals surface area contributed by atoms with Gasteiger partial charge in [0.2, 0.25) is 0 Å². The molecule has 1 aliphatic heterocycles. The summed E-state index contributed by atoms with van der Waals surface area (Å²) in [6, 6.07) is 0.624. The minimum Gasteiger partial charge on any atom is -0.481 e. The summed E-state index contributed by atoms with van der Waals surface area (Å²) >= 11 is 0. The van der Waals surface area contributed by atoms with Gasteiger partial charge in [0.05, 0.1) is 5.92 Å². The van der Waals surface area contributed by atoms with Crippen molar-refractivity contribution in [2.45, 2.75) is 39.2 Å². The normalized spacial score (nSPS) is 39.3. The van der Waals surface area contributed by atoms with Crippen LogP contribution in [0.5, 0.6) is 0 Å². The zero-order chi connectivity index (χ0) is 11.2. The Hall–Kier alpha value is -0.570. The van der Waals surface area contributed by atoms with Gasteiger partial charge in [-0.3, -0.25) is 4.79 Å². The second kappa shape index (κ2) is 3.48. The van der Waals surface area contributed by atoms with Crippen molar-refractivity contribution < 1.29 is 9.90 Å². The molecule has 1 aliphatic carbocycles. The van der Waals surface area contributed by atoms with Crippen LogP contribution >= 0.6 is 0 Å². The highest BCUT2D eigenvalue weighted by atomic mass is 16.4. The van der Waals surface area contributed by atoms with Gasteiger partial charge < -0.3 is 10.0 Å². The standard InChI is InChI=1S/C12H21NO2/c1-12(2)9(10(12)11(14)15)7-8-5-4-6-13(8)3/h8-10H,4-7H2,1-3H3,(H,14,15). The van der Waals surface area contributed by atoms with Gasteiger partial charge >= 0.3 is 5.97 Å². The van der Waals surface area contributed by atoms with E-state index in [0.717, 1.165) is 6.42 Å². The maximum Gasteiger partial charge on any atom is 0.307 e. The second-order valence-electron chi connectivity index (χ2n) is 5.76. The number of carboxylic acid groups (broad SMARTS) is 1. The minimum absolute atomic E-state index is 0.0231. The van der Waals surface area contributed by atoms with Crippen molar-refractivity contribution >= 4 is 5.97 Å². The van der Waals surface area contributed by atoms with Crippen LogP contribution in [0, 0.1) is 17.3 Å². The molecule has 1 N–H and O–H groups in total. The molecule has 3 nitrogen and oxygen atoms in total. The van der Waals surface area contributed by atoms with Gasteiger partial charge in [-0.1, -0.05) is 13.8 Å². The van der Waals surface area contributed by atoms with Gasteiger partial charge in [0, 0.05) is 6.04 Å². The van der Waals surface area contributed by atoms with Gasteiger partial charge in [-0.2, -0.15) is 0 Å². The molecule has 0 aromatic rings. The van der Waals surface area contributed by atoms with E-state index in [0.29, 0.717) is 12.0 Å². The van der Waals surface area contributed by atoms with Gasteiger partial charge in [-0.05, 0) is 44.2 Å². The molecule has 0 amide bonds. The lowest BCUT2D eigenvalue weighted by Gasteiger charge is -2.19. The molecule has 2 fully saturated rings. The fourth-order valence-corrected chi connectivity index (χ4v) is 3.24. The van der Waals surface area contributed by atoms with Crippen LogP contribution in [0.2, 0.25) is 0 Å². The van der Waals surface area contributed by atoms with Gasteiger partial charge in [0.1, 0.15) is 0 Å². The first-order chi connectivity index (χ1) is 6.94. The van der Waals surface area contributed by atoms with E-state index in [1.54, 1.807) is 0 Å². The molecule has 86 valence electrons. The lowest BCUT2D eigenvalue weighted by Crippen LogP contribution is -2.25. The Morgan fingerprint density at radius 3 is 2.60 bits per heavy atom. The van der Waals surface area contributed by atoms with E-state index >= 15 is 0 Å². The number of aliphatic carboxylic acids is 1. The monoisotopic (exact) mass is 211 g/mol. The molecule has 15 heavy (non-hydrogen) atoms. The molecule has 0 bridgehead atoms. The number of carbonyl (C=O) groups is 1. The van der Waals surface area contributed by atoms with Crippen LogP contribution in [0.15, 0.2) is 0 Å². The van der Waals surface area contributed by atoms with Crippen LogP contribution in [0.25, 0.3) is 0 Å². The molecule has 3 atom stereocenters. The summed E-state index contributed by atoms with van der Waals surface area (Å²) in [4.78, 5) is 13.4. The van der Waals surface area contributed by atoms with Crippen LogP contribution in [-0.4, -0.2) is 35.6 Å². The molecule has 3 unspecified atom stereocenters. The van der Waals surface area contributed by atoms with Gasteiger partial charge in [0.15, 0.2) is 0 Å². The number of likely N-dealkylation sites (tertiary alicyclic amines) is 1. The first-order valence-electron chi connectivity index (χ1n) is 5.87. The molecule has 2 rings (SSSR count). The fourth-order valence-electron chi connectivity index (χ4n) is 3.24. The van der Waals surface area contributed by atoms with Crippen LogP contribution in [0.4, 0.5) is 0 Å². The highest BCUT2D eigenvalue weighted by molar-refractivity contribution is 5.75. The summed E-state index contributed by atoms with van der Waals surface area (Å²) in [6.45, 7) is 5.35. The third-order valence-electron chi connectivity index (χ3n) is 4.51. The van der Waals surface area contributed by atoms with Gasteiger partial charge in [0.25, 0.3) is 0 Å². The van der Waals surface area contributed by atoms with Crippen LogP contribution < -0.4 is 0 Å². The third-order valence-corrected chi connectivity index (χ3v) is 4.51. The molecule has 1 heterocycles. The summed E-state index contributed by atoms with van der Waals surface area (Å²) in [6.07, 6.45) is 3.59. The number of nitrogens with zero attached hydrogens (tertiary/aromatic N) is 1. The molecule has 1 saturated heterocycles.